The van der Waals surface area contributed by atoms with Crippen molar-refractivity contribution in [1.82, 2.24) is 5.43 Å². The number of amides is 1. The zero-order chi connectivity index (χ0) is 21.5. The summed E-state index contributed by atoms with van der Waals surface area (Å²) in [6, 6.07) is 26.2. The van der Waals surface area contributed by atoms with Gasteiger partial charge in [-0.3, -0.25) is 4.79 Å². The van der Waals surface area contributed by atoms with Crippen molar-refractivity contribution in [2.24, 2.45) is 5.10 Å². The van der Waals surface area contributed by atoms with Crippen LogP contribution in [0, 0.1) is 0 Å². The van der Waals surface area contributed by atoms with Gasteiger partial charge in [0.2, 0.25) is 5.91 Å². The van der Waals surface area contributed by atoms with E-state index in [9.17, 15) is 4.79 Å². The van der Waals surface area contributed by atoms with Crippen LogP contribution in [0.15, 0.2) is 84.0 Å². The van der Waals surface area contributed by atoms with Gasteiger partial charge in [0.25, 0.3) is 0 Å². The Morgan fingerprint density at radius 3 is 2.42 bits per heavy atom. The van der Waals surface area contributed by atoms with Crippen LogP contribution in [0.1, 0.15) is 30.9 Å². The van der Waals surface area contributed by atoms with Gasteiger partial charge in [-0.15, -0.1) is 0 Å². The second-order valence-corrected chi connectivity index (χ2v) is 7.51. The van der Waals surface area contributed by atoms with Gasteiger partial charge in [0.05, 0.1) is 19.2 Å². The normalized spacial score (nSPS) is 11.3. The lowest BCUT2D eigenvalue weighted by molar-refractivity contribution is -0.120. The van der Waals surface area contributed by atoms with Crippen LogP contribution in [0.4, 0.5) is 0 Å². The second kappa shape index (κ2) is 9.90. The first-order chi connectivity index (χ1) is 15.3. The molecule has 4 aromatic carbocycles. The lowest BCUT2D eigenvalue weighted by Crippen LogP contribution is -2.20. The van der Waals surface area contributed by atoms with E-state index in [-0.39, 0.29) is 12.3 Å². The lowest BCUT2D eigenvalue weighted by atomic mass is 10.0. The number of nitrogens with one attached hydrogen (secondary N) is 1. The number of fused-ring (bicyclic) bond motifs is 2. The van der Waals surface area contributed by atoms with Crippen LogP contribution >= 0.6 is 0 Å². The van der Waals surface area contributed by atoms with E-state index in [1.54, 1.807) is 6.21 Å². The highest BCUT2D eigenvalue weighted by Gasteiger charge is 2.09. The molecule has 1 amide bonds. The molecule has 0 bridgehead atoms. The second-order valence-electron chi connectivity index (χ2n) is 7.51. The molecule has 0 aliphatic rings. The Morgan fingerprint density at radius 1 is 0.903 bits per heavy atom. The summed E-state index contributed by atoms with van der Waals surface area (Å²) in [7, 11) is 0. The molecule has 31 heavy (non-hydrogen) atoms. The summed E-state index contributed by atoms with van der Waals surface area (Å²) in [5, 5.41) is 8.62. The number of ether oxygens (including phenoxy) is 1. The van der Waals surface area contributed by atoms with Gasteiger partial charge in [0.1, 0.15) is 5.75 Å². The van der Waals surface area contributed by atoms with Gasteiger partial charge in [-0.05, 0) is 39.6 Å². The number of carbonyl (C=O) groups is 1. The molecule has 0 aliphatic heterocycles. The van der Waals surface area contributed by atoms with E-state index >= 15 is 0 Å². The molecule has 4 rings (SSSR count). The number of benzene rings is 4. The summed E-state index contributed by atoms with van der Waals surface area (Å²) in [4.78, 5) is 12.5. The summed E-state index contributed by atoms with van der Waals surface area (Å²) in [6.45, 7) is 2.79. The molecule has 4 aromatic rings. The van der Waals surface area contributed by atoms with E-state index in [1.807, 2.05) is 60.7 Å². The summed E-state index contributed by atoms with van der Waals surface area (Å²) in [5.74, 6) is 0.625. The third kappa shape index (κ3) is 4.92. The molecule has 0 atom stereocenters. The van der Waals surface area contributed by atoms with Crippen molar-refractivity contribution in [3.05, 3.63) is 90.0 Å². The van der Waals surface area contributed by atoms with E-state index in [4.69, 9.17) is 4.74 Å². The minimum absolute atomic E-state index is 0.152. The monoisotopic (exact) mass is 410 g/mol. The highest BCUT2D eigenvalue weighted by molar-refractivity contribution is 6.02. The van der Waals surface area contributed by atoms with Crippen molar-refractivity contribution in [1.29, 1.82) is 0 Å². The average Bonchev–Trinajstić information content (AvgIpc) is 2.80. The van der Waals surface area contributed by atoms with E-state index < -0.39 is 0 Å². The van der Waals surface area contributed by atoms with Gasteiger partial charge in [0, 0.05) is 5.56 Å². The first-order valence-electron chi connectivity index (χ1n) is 10.7. The molecule has 0 aliphatic carbocycles. The number of nitrogens with zero attached hydrogens (tertiary/aromatic N) is 1. The number of carbonyl (C=O) groups excluding carboxylic acids is 1. The Hall–Kier alpha value is -3.66. The van der Waals surface area contributed by atoms with Crippen molar-refractivity contribution < 1.29 is 9.53 Å². The van der Waals surface area contributed by atoms with Crippen LogP contribution in [-0.4, -0.2) is 18.7 Å². The number of hydrogen-bond acceptors (Lipinski definition) is 3. The molecular weight excluding hydrogens is 384 g/mol. The SMILES string of the molecule is CCCCOc1ccc2ccccc2c1/C=N\NC(=O)Cc1cccc2ccccc12. The van der Waals surface area contributed by atoms with Gasteiger partial charge in [-0.1, -0.05) is 86.1 Å². The van der Waals surface area contributed by atoms with Crippen molar-refractivity contribution >= 4 is 33.7 Å². The molecule has 0 saturated heterocycles. The van der Waals surface area contributed by atoms with E-state index in [1.165, 1.54) is 0 Å². The quantitative estimate of drug-likeness (QED) is 0.225. The van der Waals surface area contributed by atoms with Gasteiger partial charge in [-0.25, -0.2) is 5.43 Å². The minimum Gasteiger partial charge on any atom is -0.493 e. The molecule has 1 N–H and O–H groups in total. The van der Waals surface area contributed by atoms with E-state index in [0.717, 1.165) is 51.3 Å². The maximum absolute atomic E-state index is 12.5. The summed E-state index contributed by atoms with van der Waals surface area (Å²) in [5.41, 5.74) is 4.54. The molecule has 0 heterocycles. The van der Waals surface area contributed by atoms with Crippen molar-refractivity contribution in [2.45, 2.75) is 26.2 Å². The lowest BCUT2D eigenvalue weighted by Gasteiger charge is -2.11. The number of rotatable bonds is 8. The standard InChI is InChI=1S/C27H26N2O2/c1-2-3-17-31-26-16-15-21-10-5-7-14-24(21)25(26)19-28-29-27(30)18-22-12-8-11-20-9-4-6-13-23(20)22/h4-16,19H,2-3,17-18H2,1H3,(H,29,30)/b28-19-. The first kappa shape index (κ1) is 20.6. The maximum Gasteiger partial charge on any atom is 0.244 e. The van der Waals surface area contributed by atoms with Gasteiger partial charge in [-0.2, -0.15) is 5.10 Å². The molecule has 0 radical (unpaired) electrons. The third-order valence-electron chi connectivity index (χ3n) is 5.30. The van der Waals surface area contributed by atoms with Crippen molar-refractivity contribution in [2.75, 3.05) is 6.61 Å². The molecule has 0 fully saturated rings. The summed E-state index contributed by atoms with van der Waals surface area (Å²) >= 11 is 0. The smallest absolute Gasteiger partial charge is 0.244 e. The molecule has 0 spiro atoms. The Morgan fingerprint density at radius 2 is 1.61 bits per heavy atom. The van der Waals surface area contributed by atoms with Crippen LogP contribution in [0.2, 0.25) is 0 Å². The highest BCUT2D eigenvalue weighted by atomic mass is 16.5. The van der Waals surface area contributed by atoms with Crippen LogP contribution in [0.5, 0.6) is 5.75 Å². The number of unbranched alkanes of at least 4 members (excludes halogenated alkanes) is 1. The van der Waals surface area contributed by atoms with E-state index in [2.05, 4.69) is 35.7 Å². The maximum atomic E-state index is 12.5. The van der Waals surface area contributed by atoms with Crippen molar-refractivity contribution in [3.63, 3.8) is 0 Å². The fourth-order valence-electron chi connectivity index (χ4n) is 3.69. The van der Waals surface area contributed by atoms with Crippen LogP contribution in [-0.2, 0) is 11.2 Å². The molecule has 4 heteroatoms. The fourth-order valence-corrected chi connectivity index (χ4v) is 3.69. The topological polar surface area (TPSA) is 50.7 Å². The zero-order valence-electron chi connectivity index (χ0n) is 17.7. The largest absolute Gasteiger partial charge is 0.493 e. The number of hydrogen-bond donors (Lipinski definition) is 1. The van der Waals surface area contributed by atoms with Gasteiger partial charge in [0.15, 0.2) is 0 Å². The summed E-state index contributed by atoms with van der Waals surface area (Å²) < 4.78 is 5.98. The highest BCUT2D eigenvalue weighted by Crippen LogP contribution is 2.27. The molecule has 0 aromatic heterocycles. The molecular formula is C27H26N2O2. The first-order valence-corrected chi connectivity index (χ1v) is 10.7. The summed E-state index contributed by atoms with van der Waals surface area (Å²) in [6.07, 6.45) is 4.02. The fraction of sp³-hybridized carbons (Fsp3) is 0.185. The Kier molecular flexibility index (Phi) is 6.58. The van der Waals surface area contributed by atoms with Crippen LogP contribution < -0.4 is 10.2 Å². The predicted octanol–water partition coefficient (Wildman–Crippen LogP) is 5.86. The number of hydrazone groups is 1. The zero-order valence-corrected chi connectivity index (χ0v) is 17.7. The van der Waals surface area contributed by atoms with Gasteiger partial charge >= 0.3 is 0 Å². The predicted molar refractivity (Wildman–Crippen MR) is 128 cm³/mol. The Balaban J connectivity index is 1.52. The third-order valence-corrected chi connectivity index (χ3v) is 5.30. The molecule has 0 saturated carbocycles. The average molecular weight is 411 g/mol. The van der Waals surface area contributed by atoms with Crippen LogP contribution in [0.3, 0.4) is 0 Å². The molecule has 4 nitrogen and oxygen atoms in total. The molecule has 0 unspecified atom stereocenters. The van der Waals surface area contributed by atoms with Crippen LogP contribution in [0.25, 0.3) is 21.5 Å². The van der Waals surface area contributed by atoms with Gasteiger partial charge < -0.3 is 4.74 Å². The van der Waals surface area contributed by atoms with Crippen molar-refractivity contribution in [3.8, 4) is 5.75 Å². The molecule has 156 valence electrons. The Bertz CT molecular complexity index is 1230. The Labute approximate surface area is 182 Å². The minimum atomic E-state index is -0.152. The van der Waals surface area contributed by atoms with E-state index in [0.29, 0.717) is 6.61 Å².